The van der Waals surface area contributed by atoms with Gasteiger partial charge in [0.1, 0.15) is 0 Å². The van der Waals surface area contributed by atoms with E-state index in [0.717, 1.165) is 84.2 Å². The minimum Gasteiger partial charge on any atom is -0.255 e. The van der Waals surface area contributed by atoms with E-state index in [9.17, 15) is 0 Å². The molecular formula is C49H33N5. The molecule has 0 spiro atoms. The van der Waals surface area contributed by atoms with Crippen LogP contribution in [0.4, 0.5) is 0 Å². The summed E-state index contributed by atoms with van der Waals surface area (Å²) < 4.78 is 0. The summed E-state index contributed by atoms with van der Waals surface area (Å²) >= 11 is 0. The number of hydrogen-bond donors (Lipinski definition) is 0. The molecule has 54 heavy (non-hydrogen) atoms. The molecule has 254 valence electrons. The average molecular weight is 692 g/mol. The number of hydrogen-bond acceptors (Lipinski definition) is 5. The van der Waals surface area contributed by atoms with E-state index in [-0.39, 0.29) is 0 Å². The number of nitrogens with zero attached hydrogens (tertiary/aromatic N) is 5. The van der Waals surface area contributed by atoms with Gasteiger partial charge in [-0.25, -0.2) is 15.0 Å². The third-order valence-corrected chi connectivity index (χ3v) is 9.43. The fourth-order valence-corrected chi connectivity index (χ4v) is 6.71. The standard InChI is InChI=1S/C49H33N5/c1-4-14-34(15-5-1)41-31-46(43-23-10-11-28-50-43)52-47(32-41)48-42(22-13-29-51-48)36-26-24-35(25-27-36)39-20-12-21-40(30-39)45-33-44(37-16-6-2-7-17-37)53-49(54-45)38-18-8-3-9-19-38/h1-33H. The van der Waals surface area contributed by atoms with E-state index < -0.39 is 0 Å². The maximum absolute atomic E-state index is 5.10. The molecule has 9 rings (SSSR count). The van der Waals surface area contributed by atoms with Crippen LogP contribution >= 0.6 is 0 Å². The van der Waals surface area contributed by atoms with Crippen molar-refractivity contribution in [2.45, 2.75) is 0 Å². The second kappa shape index (κ2) is 14.7. The van der Waals surface area contributed by atoms with E-state index in [2.05, 4.69) is 126 Å². The molecule has 0 atom stereocenters. The molecule has 9 aromatic rings. The SMILES string of the molecule is c1ccc(-c2cc(-c3ccccn3)nc(-c3ncccc3-c3ccc(-c4cccc(-c5cc(-c6ccccc6)nc(-c6ccccc6)n5)c4)cc3)c2)cc1. The van der Waals surface area contributed by atoms with Crippen LogP contribution in [0.2, 0.25) is 0 Å². The first-order valence-corrected chi connectivity index (χ1v) is 17.9. The second-order valence-corrected chi connectivity index (χ2v) is 13.0. The number of rotatable bonds is 8. The molecule has 0 saturated carbocycles. The highest BCUT2D eigenvalue weighted by atomic mass is 14.9. The molecule has 5 aromatic carbocycles. The molecule has 0 aliphatic rings. The van der Waals surface area contributed by atoms with Crippen molar-refractivity contribution in [3.05, 3.63) is 200 Å². The van der Waals surface area contributed by atoms with Gasteiger partial charge >= 0.3 is 0 Å². The molecule has 0 aliphatic carbocycles. The van der Waals surface area contributed by atoms with Crippen molar-refractivity contribution in [3.63, 3.8) is 0 Å². The van der Waals surface area contributed by atoms with Crippen molar-refractivity contribution in [2.75, 3.05) is 0 Å². The van der Waals surface area contributed by atoms with Crippen LogP contribution < -0.4 is 0 Å². The lowest BCUT2D eigenvalue weighted by atomic mass is 9.96. The predicted octanol–water partition coefficient (Wildman–Crippen LogP) is 12.0. The van der Waals surface area contributed by atoms with Gasteiger partial charge in [-0.1, -0.05) is 146 Å². The third kappa shape index (κ3) is 6.82. The molecule has 0 N–H and O–H groups in total. The van der Waals surface area contributed by atoms with Crippen LogP contribution in [0.15, 0.2) is 200 Å². The molecule has 0 bridgehead atoms. The Hall–Kier alpha value is -7.37. The Morgan fingerprint density at radius 2 is 0.833 bits per heavy atom. The molecule has 4 aromatic heterocycles. The Bertz CT molecular complexity index is 2560. The van der Waals surface area contributed by atoms with Crippen LogP contribution in [0.25, 0.3) is 90.1 Å². The highest BCUT2D eigenvalue weighted by Crippen LogP contribution is 2.36. The summed E-state index contributed by atoms with van der Waals surface area (Å²) in [7, 11) is 0. The van der Waals surface area contributed by atoms with Crippen LogP contribution in [-0.4, -0.2) is 24.9 Å². The number of benzene rings is 5. The third-order valence-electron chi connectivity index (χ3n) is 9.43. The summed E-state index contributed by atoms with van der Waals surface area (Å²) in [4.78, 5) is 24.6. The minimum atomic E-state index is 0.699. The van der Waals surface area contributed by atoms with E-state index in [1.54, 1.807) is 6.20 Å². The molecule has 0 unspecified atom stereocenters. The summed E-state index contributed by atoms with van der Waals surface area (Å²) in [6.07, 6.45) is 3.63. The van der Waals surface area contributed by atoms with Gasteiger partial charge in [0.15, 0.2) is 5.82 Å². The van der Waals surface area contributed by atoms with Gasteiger partial charge in [0.05, 0.1) is 34.2 Å². The average Bonchev–Trinajstić information content (AvgIpc) is 3.27. The van der Waals surface area contributed by atoms with Crippen LogP contribution in [0.5, 0.6) is 0 Å². The molecular weight excluding hydrogens is 659 g/mol. The normalized spacial score (nSPS) is 11.0. The van der Waals surface area contributed by atoms with Crippen molar-refractivity contribution >= 4 is 0 Å². The lowest BCUT2D eigenvalue weighted by Crippen LogP contribution is -1.96. The molecule has 0 radical (unpaired) electrons. The monoisotopic (exact) mass is 691 g/mol. The van der Waals surface area contributed by atoms with Crippen LogP contribution in [-0.2, 0) is 0 Å². The van der Waals surface area contributed by atoms with Crippen LogP contribution in [0.1, 0.15) is 0 Å². The molecule has 0 amide bonds. The van der Waals surface area contributed by atoms with Gasteiger partial charge in [-0.2, -0.15) is 0 Å². The van der Waals surface area contributed by atoms with E-state index >= 15 is 0 Å². The highest BCUT2D eigenvalue weighted by Gasteiger charge is 2.16. The molecule has 5 nitrogen and oxygen atoms in total. The smallest absolute Gasteiger partial charge is 0.160 e. The Kier molecular flexibility index (Phi) is 8.86. The topological polar surface area (TPSA) is 64.5 Å². The quantitative estimate of drug-likeness (QED) is 0.159. The van der Waals surface area contributed by atoms with Crippen molar-refractivity contribution < 1.29 is 0 Å². The minimum absolute atomic E-state index is 0.699. The Labute approximate surface area is 314 Å². The van der Waals surface area contributed by atoms with Gasteiger partial charge in [-0.05, 0) is 70.3 Å². The second-order valence-electron chi connectivity index (χ2n) is 13.0. The van der Waals surface area contributed by atoms with Crippen LogP contribution in [0.3, 0.4) is 0 Å². The summed E-state index contributed by atoms with van der Waals surface area (Å²) in [5, 5.41) is 0. The fraction of sp³-hybridized carbons (Fsp3) is 0. The van der Waals surface area contributed by atoms with Crippen molar-refractivity contribution in [1.82, 2.24) is 24.9 Å². The van der Waals surface area contributed by atoms with Gasteiger partial charge in [-0.3, -0.25) is 9.97 Å². The zero-order valence-electron chi connectivity index (χ0n) is 29.3. The molecule has 0 saturated heterocycles. The summed E-state index contributed by atoms with van der Waals surface area (Å²) in [6.45, 7) is 0. The Balaban J connectivity index is 1.08. The Morgan fingerprint density at radius 3 is 1.56 bits per heavy atom. The first-order valence-electron chi connectivity index (χ1n) is 17.9. The fourth-order valence-electron chi connectivity index (χ4n) is 6.71. The van der Waals surface area contributed by atoms with E-state index in [0.29, 0.717) is 5.82 Å². The van der Waals surface area contributed by atoms with E-state index in [1.165, 1.54) is 0 Å². The van der Waals surface area contributed by atoms with Gasteiger partial charge < -0.3 is 0 Å². The zero-order valence-corrected chi connectivity index (χ0v) is 29.3. The first-order chi connectivity index (χ1) is 26.7. The molecule has 5 heteroatoms. The van der Waals surface area contributed by atoms with E-state index in [1.807, 2.05) is 72.9 Å². The van der Waals surface area contributed by atoms with Gasteiger partial charge in [0.2, 0.25) is 0 Å². The van der Waals surface area contributed by atoms with Gasteiger partial charge in [-0.15, -0.1) is 0 Å². The Morgan fingerprint density at radius 1 is 0.259 bits per heavy atom. The first kappa shape index (κ1) is 32.5. The maximum atomic E-state index is 5.10. The molecule has 0 fully saturated rings. The van der Waals surface area contributed by atoms with Crippen molar-refractivity contribution in [2.24, 2.45) is 0 Å². The highest BCUT2D eigenvalue weighted by molar-refractivity contribution is 5.84. The maximum Gasteiger partial charge on any atom is 0.160 e. The largest absolute Gasteiger partial charge is 0.255 e. The van der Waals surface area contributed by atoms with E-state index in [4.69, 9.17) is 19.9 Å². The van der Waals surface area contributed by atoms with Crippen LogP contribution in [0, 0.1) is 0 Å². The zero-order chi connectivity index (χ0) is 36.1. The lowest BCUT2D eigenvalue weighted by Gasteiger charge is -2.13. The predicted molar refractivity (Wildman–Crippen MR) is 219 cm³/mol. The number of aromatic nitrogens is 5. The van der Waals surface area contributed by atoms with Crippen molar-refractivity contribution in [3.8, 4) is 90.1 Å². The van der Waals surface area contributed by atoms with Gasteiger partial charge in [0, 0.05) is 34.6 Å². The summed E-state index contributed by atoms with van der Waals surface area (Å²) in [5.74, 6) is 0.699. The summed E-state index contributed by atoms with van der Waals surface area (Å²) in [5.41, 5.74) is 14.5. The molecule has 0 aliphatic heterocycles. The molecule has 4 heterocycles. The summed E-state index contributed by atoms with van der Waals surface area (Å²) in [6, 6.07) is 64.3. The van der Waals surface area contributed by atoms with Gasteiger partial charge in [0.25, 0.3) is 0 Å². The lowest BCUT2D eigenvalue weighted by molar-refractivity contribution is 1.18. The van der Waals surface area contributed by atoms with Crippen molar-refractivity contribution in [1.29, 1.82) is 0 Å². The number of pyridine rings is 3.